The summed E-state index contributed by atoms with van der Waals surface area (Å²) < 4.78 is 5.20. The number of benzene rings is 2. The zero-order chi connectivity index (χ0) is 17.1. The van der Waals surface area contributed by atoms with Gasteiger partial charge in [0.05, 0.1) is 5.56 Å². The monoisotopic (exact) mass is 321 g/mol. The van der Waals surface area contributed by atoms with Crippen LogP contribution in [0.3, 0.4) is 0 Å². The second-order valence-corrected chi connectivity index (χ2v) is 5.71. The Labute approximate surface area is 140 Å². The molecular formula is C20H19NO3. The average Bonchev–Trinajstić information content (AvgIpc) is 3.04. The highest BCUT2D eigenvalue weighted by Gasteiger charge is 2.17. The molecule has 0 saturated carbocycles. The fourth-order valence-electron chi connectivity index (χ4n) is 2.83. The first kappa shape index (κ1) is 16.0. The predicted molar refractivity (Wildman–Crippen MR) is 93.5 cm³/mol. The summed E-state index contributed by atoms with van der Waals surface area (Å²) >= 11 is 0. The molecule has 3 aromatic rings. The number of ether oxygens (including phenoxy) is 1. The van der Waals surface area contributed by atoms with Gasteiger partial charge in [-0.15, -0.1) is 0 Å². The molecule has 0 radical (unpaired) electrons. The van der Waals surface area contributed by atoms with Crippen molar-refractivity contribution in [3.63, 3.8) is 0 Å². The van der Waals surface area contributed by atoms with E-state index in [1.165, 1.54) is 0 Å². The minimum Gasteiger partial charge on any atom is -0.454 e. The fraction of sp³-hybridized carbons (Fsp3) is 0.200. The van der Waals surface area contributed by atoms with Crippen LogP contribution < -0.4 is 0 Å². The third-order valence-electron chi connectivity index (χ3n) is 4.18. The molecule has 3 rings (SSSR count). The molecule has 4 nitrogen and oxygen atoms in total. The van der Waals surface area contributed by atoms with E-state index in [1.54, 1.807) is 18.3 Å². The largest absolute Gasteiger partial charge is 0.454 e. The number of nitrogens with one attached hydrogen (secondary N) is 1. The Kier molecular flexibility index (Phi) is 4.47. The number of para-hydroxylation sites is 1. The van der Waals surface area contributed by atoms with Crippen molar-refractivity contribution in [3.05, 3.63) is 70.9 Å². The number of fused-ring (bicyclic) bond motifs is 1. The lowest BCUT2D eigenvalue weighted by Crippen LogP contribution is -2.14. The molecule has 0 spiro atoms. The zero-order valence-electron chi connectivity index (χ0n) is 13.8. The molecule has 0 atom stereocenters. The van der Waals surface area contributed by atoms with Gasteiger partial charge in [-0.1, -0.05) is 43.3 Å². The number of hydrogen-bond acceptors (Lipinski definition) is 3. The molecule has 0 fully saturated rings. The van der Waals surface area contributed by atoms with E-state index in [1.807, 2.05) is 37.3 Å². The second kappa shape index (κ2) is 6.71. The van der Waals surface area contributed by atoms with Crippen molar-refractivity contribution in [2.45, 2.75) is 20.3 Å². The van der Waals surface area contributed by atoms with Gasteiger partial charge >= 0.3 is 5.97 Å². The van der Waals surface area contributed by atoms with E-state index in [4.69, 9.17) is 4.74 Å². The van der Waals surface area contributed by atoms with Crippen LogP contribution >= 0.6 is 0 Å². The van der Waals surface area contributed by atoms with Crippen molar-refractivity contribution >= 4 is 22.7 Å². The average molecular weight is 321 g/mol. The molecule has 0 aliphatic carbocycles. The van der Waals surface area contributed by atoms with Crippen LogP contribution in [0.15, 0.2) is 48.7 Å². The van der Waals surface area contributed by atoms with Gasteiger partial charge in [-0.05, 0) is 30.5 Å². The van der Waals surface area contributed by atoms with Gasteiger partial charge in [0.25, 0.3) is 0 Å². The SMILES string of the molecule is CCc1cccc2c(C(=O)COC(=O)c3ccccc3C)c[nH]c12. The van der Waals surface area contributed by atoms with Crippen molar-refractivity contribution in [2.75, 3.05) is 6.61 Å². The number of hydrogen-bond donors (Lipinski definition) is 1. The van der Waals surface area contributed by atoms with Crippen molar-refractivity contribution in [1.82, 2.24) is 4.98 Å². The Balaban J connectivity index is 1.76. The highest BCUT2D eigenvalue weighted by molar-refractivity contribution is 6.09. The molecular weight excluding hydrogens is 302 g/mol. The van der Waals surface area contributed by atoms with E-state index < -0.39 is 5.97 Å². The maximum absolute atomic E-state index is 12.4. The van der Waals surface area contributed by atoms with Gasteiger partial charge in [0.2, 0.25) is 5.78 Å². The Hall–Kier alpha value is -2.88. The number of aromatic amines is 1. The molecule has 0 aliphatic heterocycles. The molecule has 24 heavy (non-hydrogen) atoms. The molecule has 0 unspecified atom stereocenters. The van der Waals surface area contributed by atoms with Crippen LogP contribution in [0.1, 0.15) is 38.8 Å². The smallest absolute Gasteiger partial charge is 0.338 e. The van der Waals surface area contributed by atoms with Crippen LogP contribution in [0.25, 0.3) is 10.9 Å². The third-order valence-corrected chi connectivity index (χ3v) is 4.18. The molecule has 0 bridgehead atoms. The Bertz CT molecular complexity index is 908. The number of esters is 1. The van der Waals surface area contributed by atoms with Crippen LogP contribution in [-0.4, -0.2) is 23.3 Å². The predicted octanol–water partition coefficient (Wildman–Crippen LogP) is 4.08. The van der Waals surface area contributed by atoms with Gasteiger partial charge in [-0.2, -0.15) is 0 Å². The van der Waals surface area contributed by atoms with E-state index in [0.29, 0.717) is 11.1 Å². The second-order valence-electron chi connectivity index (χ2n) is 5.71. The Morgan fingerprint density at radius 3 is 2.58 bits per heavy atom. The lowest BCUT2D eigenvalue weighted by atomic mass is 10.1. The minimum absolute atomic E-state index is 0.212. The van der Waals surface area contributed by atoms with Crippen LogP contribution in [0.4, 0.5) is 0 Å². The quantitative estimate of drug-likeness (QED) is 0.569. The molecule has 1 N–H and O–H groups in total. The summed E-state index contributed by atoms with van der Waals surface area (Å²) in [5.74, 6) is -0.688. The van der Waals surface area contributed by atoms with E-state index in [2.05, 4.69) is 11.9 Å². The summed E-state index contributed by atoms with van der Waals surface area (Å²) in [6, 6.07) is 13.0. The number of H-pyrrole nitrogens is 1. The third kappa shape index (κ3) is 2.95. The van der Waals surface area contributed by atoms with Crippen LogP contribution in [0, 0.1) is 6.92 Å². The molecule has 1 aromatic heterocycles. The van der Waals surface area contributed by atoms with Crippen LogP contribution in [0.5, 0.6) is 0 Å². The number of aromatic nitrogens is 1. The Morgan fingerprint density at radius 1 is 1.04 bits per heavy atom. The number of carbonyl (C=O) groups excluding carboxylic acids is 2. The number of aryl methyl sites for hydroxylation is 2. The van der Waals surface area contributed by atoms with Gasteiger partial charge in [-0.3, -0.25) is 4.79 Å². The highest BCUT2D eigenvalue weighted by atomic mass is 16.5. The van der Waals surface area contributed by atoms with Gasteiger partial charge < -0.3 is 9.72 Å². The minimum atomic E-state index is -0.476. The highest BCUT2D eigenvalue weighted by Crippen LogP contribution is 2.22. The van der Waals surface area contributed by atoms with E-state index in [-0.39, 0.29) is 12.4 Å². The van der Waals surface area contributed by atoms with E-state index in [9.17, 15) is 9.59 Å². The van der Waals surface area contributed by atoms with Crippen molar-refractivity contribution in [3.8, 4) is 0 Å². The number of Topliss-reactive ketones (excluding diaryl/α,β-unsaturated/α-hetero) is 1. The first-order valence-corrected chi connectivity index (χ1v) is 7.96. The molecule has 0 aliphatic rings. The van der Waals surface area contributed by atoms with E-state index >= 15 is 0 Å². The molecule has 2 aromatic carbocycles. The standard InChI is InChI=1S/C20H19NO3/c1-3-14-8-6-10-16-17(11-21-19(14)16)18(22)12-24-20(23)15-9-5-4-7-13(15)2/h4-11,21H,3,12H2,1-2H3. The molecule has 4 heteroatoms. The summed E-state index contributed by atoms with van der Waals surface area (Å²) in [5.41, 5.74) is 3.99. The maximum atomic E-state index is 12.4. The van der Waals surface area contributed by atoms with Crippen molar-refractivity contribution in [1.29, 1.82) is 0 Å². The van der Waals surface area contributed by atoms with Crippen LogP contribution in [-0.2, 0) is 11.2 Å². The number of ketones is 1. The number of rotatable bonds is 5. The summed E-state index contributed by atoms with van der Waals surface area (Å²) in [5, 5.41) is 0.867. The first-order valence-electron chi connectivity index (χ1n) is 7.96. The lowest BCUT2D eigenvalue weighted by molar-refractivity contribution is 0.0474. The van der Waals surface area contributed by atoms with Gasteiger partial charge in [0, 0.05) is 22.7 Å². The van der Waals surface area contributed by atoms with E-state index in [0.717, 1.165) is 28.5 Å². The summed E-state index contributed by atoms with van der Waals surface area (Å²) in [7, 11) is 0. The summed E-state index contributed by atoms with van der Waals surface area (Å²) in [6.45, 7) is 3.64. The van der Waals surface area contributed by atoms with Gasteiger partial charge in [0.15, 0.2) is 6.61 Å². The maximum Gasteiger partial charge on any atom is 0.338 e. The van der Waals surface area contributed by atoms with Crippen molar-refractivity contribution < 1.29 is 14.3 Å². The molecule has 122 valence electrons. The Morgan fingerprint density at radius 2 is 1.83 bits per heavy atom. The zero-order valence-corrected chi connectivity index (χ0v) is 13.8. The first-order chi connectivity index (χ1) is 11.6. The normalized spacial score (nSPS) is 10.8. The summed E-state index contributed by atoms with van der Waals surface area (Å²) in [6.07, 6.45) is 2.57. The summed E-state index contributed by atoms with van der Waals surface area (Å²) in [4.78, 5) is 27.7. The molecule has 1 heterocycles. The fourth-order valence-corrected chi connectivity index (χ4v) is 2.83. The molecule has 0 saturated heterocycles. The van der Waals surface area contributed by atoms with Crippen molar-refractivity contribution in [2.24, 2.45) is 0 Å². The topological polar surface area (TPSA) is 59.2 Å². The van der Waals surface area contributed by atoms with Crippen LogP contribution in [0.2, 0.25) is 0 Å². The lowest BCUT2D eigenvalue weighted by Gasteiger charge is -2.06. The molecule has 0 amide bonds. The van der Waals surface area contributed by atoms with Gasteiger partial charge in [0.1, 0.15) is 0 Å². The van der Waals surface area contributed by atoms with Gasteiger partial charge in [-0.25, -0.2) is 4.79 Å². The number of carbonyl (C=O) groups is 2.